The fourth-order valence-corrected chi connectivity index (χ4v) is 4.53. The van der Waals surface area contributed by atoms with Gasteiger partial charge in [-0.3, -0.25) is 4.79 Å². The summed E-state index contributed by atoms with van der Waals surface area (Å²) in [5.41, 5.74) is 0.957. The van der Waals surface area contributed by atoms with Gasteiger partial charge >= 0.3 is 0 Å². The van der Waals surface area contributed by atoms with Gasteiger partial charge < -0.3 is 15.5 Å². The van der Waals surface area contributed by atoms with Gasteiger partial charge in [0.1, 0.15) is 5.82 Å². The standard InChI is InChI=1S/C22H27N5OS/c1-27(2)20-17-6-3-4-7-18(17)25-22(26-20)24-16-11-9-15(10-12-16)14-23-21(28)19-8-5-13-29-19/h3-8,13,15-16H,9-12,14H2,1-2H3,(H,23,28)(H,24,25,26)/t15-,16+. The minimum absolute atomic E-state index is 0.0426. The number of hydrogen-bond donors (Lipinski definition) is 2. The average molecular weight is 410 g/mol. The first-order valence-electron chi connectivity index (χ1n) is 10.1. The molecule has 2 N–H and O–H groups in total. The molecule has 2 aromatic heterocycles. The third-order valence-electron chi connectivity index (χ3n) is 5.48. The molecule has 3 aromatic rings. The fourth-order valence-electron chi connectivity index (χ4n) is 3.89. The summed E-state index contributed by atoms with van der Waals surface area (Å²) in [4.78, 5) is 24.4. The van der Waals surface area contributed by atoms with Crippen molar-refractivity contribution >= 4 is 39.9 Å². The number of anilines is 2. The van der Waals surface area contributed by atoms with Crippen molar-refractivity contribution in [2.45, 2.75) is 31.7 Å². The zero-order valence-electron chi connectivity index (χ0n) is 16.9. The number of aromatic nitrogens is 2. The Hall–Kier alpha value is -2.67. The van der Waals surface area contributed by atoms with Crippen LogP contribution in [0.5, 0.6) is 0 Å². The molecule has 2 heterocycles. The Morgan fingerprint density at radius 2 is 1.90 bits per heavy atom. The monoisotopic (exact) mass is 409 g/mol. The number of rotatable bonds is 6. The van der Waals surface area contributed by atoms with Gasteiger partial charge in [-0.1, -0.05) is 18.2 Å². The van der Waals surface area contributed by atoms with Gasteiger partial charge in [0.15, 0.2) is 0 Å². The number of para-hydroxylation sites is 1. The third kappa shape index (κ3) is 4.67. The fraction of sp³-hybridized carbons (Fsp3) is 0.409. The van der Waals surface area contributed by atoms with Crippen LogP contribution in [0.3, 0.4) is 0 Å². The van der Waals surface area contributed by atoms with E-state index in [4.69, 9.17) is 9.97 Å². The van der Waals surface area contributed by atoms with Crippen LogP contribution in [0.4, 0.5) is 11.8 Å². The number of carbonyl (C=O) groups is 1. The number of benzene rings is 1. The van der Waals surface area contributed by atoms with Gasteiger partial charge in [-0.15, -0.1) is 11.3 Å². The summed E-state index contributed by atoms with van der Waals surface area (Å²) in [5.74, 6) is 2.21. The van der Waals surface area contributed by atoms with Crippen LogP contribution in [0, 0.1) is 5.92 Å². The molecule has 0 atom stereocenters. The van der Waals surface area contributed by atoms with E-state index in [2.05, 4.69) is 16.7 Å². The summed E-state index contributed by atoms with van der Waals surface area (Å²) in [6, 6.07) is 12.3. The first-order chi connectivity index (χ1) is 14.1. The maximum Gasteiger partial charge on any atom is 0.261 e. The van der Waals surface area contributed by atoms with Crippen LogP contribution >= 0.6 is 11.3 Å². The molecule has 29 heavy (non-hydrogen) atoms. The van der Waals surface area contributed by atoms with E-state index in [9.17, 15) is 4.79 Å². The van der Waals surface area contributed by atoms with E-state index in [1.807, 2.05) is 54.7 Å². The second-order valence-electron chi connectivity index (χ2n) is 7.83. The smallest absolute Gasteiger partial charge is 0.261 e. The van der Waals surface area contributed by atoms with Crippen LogP contribution in [-0.4, -0.2) is 42.6 Å². The molecule has 4 rings (SSSR count). The quantitative estimate of drug-likeness (QED) is 0.640. The zero-order valence-corrected chi connectivity index (χ0v) is 17.7. The molecule has 1 aromatic carbocycles. The van der Waals surface area contributed by atoms with Crippen molar-refractivity contribution in [1.82, 2.24) is 15.3 Å². The highest BCUT2D eigenvalue weighted by molar-refractivity contribution is 7.12. The van der Waals surface area contributed by atoms with Crippen LogP contribution in [0.15, 0.2) is 41.8 Å². The molecule has 1 saturated carbocycles. The zero-order chi connectivity index (χ0) is 20.2. The van der Waals surface area contributed by atoms with Gasteiger partial charge in [0.2, 0.25) is 5.95 Å². The largest absolute Gasteiger partial charge is 0.362 e. The summed E-state index contributed by atoms with van der Waals surface area (Å²) in [6.45, 7) is 0.751. The van der Waals surface area contributed by atoms with Gasteiger partial charge in [-0.2, -0.15) is 4.98 Å². The Morgan fingerprint density at radius 1 is 1.10 bits per heavy atom. The van der Waals surface area contributed by atoms with Crippen molar-refractivity contribution in [3.63, 3.8) is 0 Å². The van der Waals surface area contributed by atoms with Gasteiger partial charge in [-0.25, -0.2) is 4.98 Å². The van der Waals surface area contributed by atoms with Crippen molar-refractivity contribution < 1.29 is 4.79 Å². The molecule has 152 valence electrons. The summed E-state index contributed by atoms with van der Waals surface area (Å²) >= 11 is 1.48. The maximum absolute atomic E-state index is 12.1. The molecule has 1 amide bonds. The molecule has 7 heteroatoms. The highest BCUT2D eigenvalue weighted by Gasteiger charge is 2.23. The minimum Gasteiger partial charge on any atom is -0.362 e. The highest BCUT2D eigenvalue weighted by Crippen LogP contribution is 2.28. The number of carbonyl (C=O) groups excluding carboxylic acids is 1. The van der Waals surface area contributed by atoms with E-state index in [-0.39, 0.29) is 5.91 Å². The molecule has 0 radical (unpaired) electrons. The number of fused-ring (bicyclic) bond motifs is 1. The molecular weight excluding hydrogens is 382 g/mol. The number of hydrogen-bond acceptors (Lipinski definition) is 6. The molecule has 1 fully saturated rings. The van der Waals surface area contributed by atoms with E-state index >= 15 is 0 Å². The molecule has 0 unspecified atom stereocenters. The number of nitrogens with one attached hydrogen (secondary N) is 2. The summed E-state index contributed by atoms with van der Waals surface area (Å²) < 4.78 is 0. The van der Waals surface area contributed by atoms with E-state index in [0.717, 1.165) is 53.8 Å². The lowest BCUT2D eigenvalue weighted by atomic mass is 9.86. The summed E-state index contributed by atoms with van der Waals surface area (Å²) in [7, 11) is 4.02. The Bertz CT molecular complexity index is 965. The summed E-state index contributed by atoms with van der Waals surface area (Å²) in [5, 5.41) is 9.62. The van der Waals surface area contributed by atoms with Crippen molar-refractivity contribution in [3.8, 4) is 0 Å². The van der Waals surface area contributed by atoms with Gasteiger partial charge in [-0.05, 0) is 55.2 Å². The topological polar surface area (TPSA) is 70.2 Å². The second-order valence-corrected chi connectivity index (χ2v) is 8.78. The number of thiophene rings is 1. The van der Waals surface area contributed by atoms with Crippen LogP contribution in [0.1, 0.15) is 35.4 Å². The predicted octanol–water partition coefficient (Wildman–Crippen LogP) is 4.16. The first kappa shape index (κ1) is 19.6. The minimum atomic E-state index is 0.0426. The Labute approximate surface area is 175 Å². The number of amides is 1. The molecule has 0 bridgehead atoms. The lowest BCUT2D eigenvalue weighted by molar-refractivity contribution is 0.0947. The van der Waals surface area contributed by atoms with E-state index in [1.54, 1.807) is 0 Å². The predicted molar refractivity (Wildman–Crippen MR) is 120 cm³/mol. The van der Waals surface area contributed by atoms with Crippen molar-refractivity contribution in [2.75, 3.05) is 30.9 Å². The molecule has 0 aliphatic heterocycles. The second kappa shape index (κ2) is 8.78. The van der Waals surface area contributed by atoms with Crippen LogP contribution in [0.25, 0.3) is 10.9 Å². The van der Waals surface area contributed by atoms with Crippen LogP contribution in [-0.2, 0) is 0 Å². The van der Waals surface area contributed by atoms with Crippen molar-refractivity contribution in [1.29, 1.82) is 0 Å². The van der Waals surface area contributed by atoms with E-state index in [0.29, 0.717) is 17.9 Å². The Balaban J connectivity index is 1.33. The molecule has 6 nitrogen and oxygen atoms in total. The first-order valence-corrected chi connectivity index (χ1v) is 11.0. The summed E-state index contributed by atoms with van der Waals surface area (Å²) in [6.07, 6.45) is 4.31. The number of nitrogens with zero attached hydrogens (tertiary/aromatic N) is 3. The van der Waals surface area contributed by atoms with Crippen LogP contribution in [0.2, 0.25) is 0 Å². The van der Waals surface area contributed by atoms with Crippen molar-refractivity contribution in [2.24, 2.45) is 5.92 Å². The Morgan fingerprint density at radius 3 is 2.62 bits per heavy atom. The normalized spacial score (nSPS) is 19.1. The van der Waals surface area contributed by atoms with E-state index < -0.39 is 0 Å². The molecule has 1 aliphatic rings. The SMILES string of the molecule is CN(C)c1nc(N[C@H]2CC[C@@H](CNC(=O)c3cccs3)CC2)nc2ccccc12. The van der Waals surface area contributed by atoms with E-state index in [1.165, 1.54) is 11.3 Å². The third-order valence-corrected chi connectivity index (χ3v) is 6.35. The highest BCUT2D eigenvalue weighted by atomic mass is 32.1. The molecule has 0 saturated heterocycles. The van der Waals surface area contributed by atoms with Gasteiger partial charge in [0.05, 0.1) is 10.4 Å². The van der Waals surface area contributed by atoms with Gasteiger partial charge in [0.25, 0.3) is 5.91 Å². The lowest BCUT2D eigenvalue weighted by Crippen LogP contribution is -2.34. The molecule has 0 spiro atoms. The lowest BCUT2D eigenvalue weighted by Gasteiger charge is -2.29. The van der Waals surface area contributed by atoms with Crippen LogP contribution < -0.4 is 15.5 Å². The molecular formula is C22H27N5OS. The van der Waals surface area contributed by atoms with Crippen molar-refractivity contribution in [3.05, 3.63) is 46.7 Å². The average Bonchev–Trinajstić information content (AvgIpc) is 3.27. The maximum atomic E-state index is 12.1. The Kier molecular flexibility index (Phi) is 5.94. The van der Waals surface area contributed by atoms with Gasteiger partial charge in [0, 0.05) is 32.1 Å². The molecule has 1 aliphatic carbocycles.